The first-order valence-corrected chi connectivity index (χ1v) is 8.85. The molecule has 0 saturated heterocycles. The van der Waals surface area contributed by atoms with Crippen LogP contribution < -0.4 is 10.1 Å². The van der Waals surface area contributed by atoms with Crippen LogP contribution in [0, 0.1) is 5.82 Å². The number of fused-ring (bicyclic) bond motifs is 1. The van der Waals surface area contributed by atoms with Crippen molar-refractivity contribution in [3.05, 3.63) is 89.8 Å². The summed E-state index contributed by atoms with van der Waals surface area (Å²) in [5, 5.41) is 3.84. The Labute approximate surface area is 160 Å². The molecule has 1 amide bonds. The smallest absolute Gasteiger partial charge is 0.287 e. The molecule has 4 aromatic rings. The van der Waals surface area contributed by atoms with Gasteiger partial charge in [0.25, 0.3) is 5.91 Å². The monoisotopic (exact) mass is 379 g/mol. The van der Waals surface area contributed by atoms with E-state index in [1.165, 1.54) is 24.3 Å². The standard InChI is InChI=1S/C22H18FNO4/c1-14(21-12-15-4-2-3-5-19(15)28-21)24-22(25)20-11-10-18(27-20)13-26-17-8-6-16(23)7-9-17/h2-12,14H,13H2,1H3,(H,24,25). The molecule has 1 atom stereocenters. The predicted octanol–water partition coefficient (Wildman–Crippen LogP) is 5.23. The molecule has 0 aliphatic heterocycles. The number of nitrogens with one attached hydrogen (secondary N) is 1. The maximum Gasteiger partial charge on any atom is 0.287 e. The van der Waals surface area contributed by atoms with Gasteiger partial charge in [-0.1, -0.05) is 18.2 Å². The minimum atomic E-state index is -0.346. The lowest BCUT2D eigenvalue weighted by Crippen LogP contribution is -2.25. The Morgan fingerprint density at radius 2 is 1.86 bits per heavy atom. The molecule has 2 heterocycles. The van der Waals surface area contributed by atoms with Crippen LogP contribution >= 0.6 is 0 Å². The van der Waals surface area contributed by atoms with Gasteiger partial charge in [-0.25, -0.2) is 4.39 Å². The molecule has 0 radical (unpaired) electrons. The van der Waals surface area contributed by atoms with E-state index in [9.17, 15) is 9.18 Å². The molecule has 142 valence electrons. The molecule has 0 aliphatic carbocycles. The summed E-state index contributed by atoms with van der Waals surface area (Å²) in [4.78, 5) is 12.4. The average Bonchev–Trinajstić information content (AvgIpc) is 3.34. The Morgan fingerprint density at radius 1 is 1.07 bits per heavy atom. The fourth-order valence-electron chi connectivity index (χ4n) is 2.82. The summed E-state index contributed by atoms with van der Waals surface area (Å²) in [6.07, 6.45) is 0. The molecule has 4 rings (SSSR count). The highest BCUT2D eigenvalue weighted by Crippen LogP contribution is 2.24. The molecule has 0 aliphatic rings. The second-order valence-corrected chi connectivity index (χ2v) is 6.39. The third-order valence-corrected chi connectivity index (χ3v) is 4.30. The lowest BCUT2D eigenvalue weighted by molar-refractivity contribution is 0.0903. The number of ether oxygens (including phenoxy) is 1. The first-order chi connectivity index (χ1) is 13.6. The number of para-hydroxylation sites is 1. The lowest BCUT2D eigenvalue weighted by atomic mass is 10.2. The summed E-state index contributed by atoms with van der Waals surface area (Å²) < 4.78 is 29.7. The van der Waals surface area contributed by atoms with Crippen LogP contribution in [0.1, 0.15) is 35.0 Å². The number of benzene rings is 2. The maximum atomic E-state index is 12.9. The number of rotatable bonds is 6. The number of hydrogen-bond donors (Lipinski definition) is 1. The highest BCUT2D eigenvalue weighted by Gasteiger charge is 2.18. The van der Waals surface area contributed by atoms with Gasteiger partial charge in [0, 0.05) is 5.39 Å². The summed E-state index contributed by atoms with van der Waals surface area (Å²) in [5.41, 5.74) is 0.775. The molecule has 1 N–H and O–H groups in total. The van der Waals surface area contributed by atoms with Gasteiger partial charge in [0.2, 0.25) is 0 Å². The van der Waals surface area contributed by atoms with Gasteiger partial charge in [-0.2, -0.15) is 0 Å². The SMILES string of the molecule is CC(NC(=O)c1ccc(COc2ccc(F)cc2)o1)c1cc2ccccc2o1. The van der Waals surface area contributed by atoms with E-state index in [2.05, 4.69) is 5.32 Å². The number of furan rings is 2. The molecule has 0 bridgehead atoms. The van der Waals surface area contributed by atoms with Gasteiger partial charge < -0.3 is 18.9 Å². The first-order valence-electron chi connectivity index (χ1n) is 8.85. The Balaban J connectivity index is 1.37. The van der Waals surface area contributed by atoms with E-state index in [0.29, 0.717) is 17.3 Å². The van der Waals surface area contributed by atoms with Gasteiger partial charge in [-0.3, -0.25) is 4.79 Å². The van der Waals surface area contributed by atoms with Crippen LogP contribution in [0.15, 0.2) is 75.6 Å². The van der Waals surface area contributed by atoms with Crippen molar-refractivity contribution in [2.24, 2.45) is 0 Å². The van der Waals surface area contributed by atoms with Crippen LogP contribution in [-0.4, -0.2) is 5.91 Å². The van der Waals surface area contributed by atoms with E-state index < -0.39 is 0 Å². The largest absolute Gasteiger partial charge is 0.486 e. The number of carbonyl (C=O) groups is 1. The topological polar surface area (TPSA) is 64.6 Å². The zero-order chi connectivity index (χ0) is 19.5. The summed E-state index contributed by atoms with van der Waals surface area (Å²) >= 11 is 0. The Kier molecular flexibility index (Phi) is 4.85. The number of halogens is 1. The highest BCUT2D eigenvalue weighted by molar-refractivity contribution is 5.91. The molecular weight excluding hydrogens is 361 g/mol. The van der Waals surface area contributed by atoms with E-state index in [1.807, 2.05) is 37.3 Å². The molecule has 0 saturated carbocycles. The molecule has 1 unspecified atom stereocenters. The summed E-state index contributed by atoms with van der Waals surface area (Å²) in [5.74, 6) is 1.18. The van der Waals surface area contributed by atoms with Gasteiger partial charge in [0.05, 0.1) is 6.04 Å². The van der Waals surface area contributed by atoms with E-state index in [4.69, 9.17) is 13.6 Å². The van der Waals surface area contributed by atoms with Crippen LogP contribution in [0.2, 0.25) is 0 Å². The van der Waals surface area contributed by atoms with Crippen LogP contribution in [0.25, 0.3) is 11.0 Å². The molecule has 2 aromatic heterocycles. The number of hydrogen-bond acceptors (Lipinski definition) is 4. The normalized spacial score (nSPS) is 12.1. The van der Waals surface area contributed by atoms with Crippen LogP contribution in [0.4, 0.5) is 4.39 Å². The molecule has 28 heavy (non-hydrogen) atoms. The Bertz CT molecular complexity index is 1060. The van der Waals surface area contributed by atoms with Gasteiger partial charge in [0.1, 0.15) is 35.3 Å². The second kappa shape index (κ2) is 7.60. The number of carbonyl (C=O) groups excluding carboxylic acids is 1. The van der Waals surface area contributed by atoms with Crippen molar-refractivity contribution in [3.8, 4) is 5.75 Å². The van der Waals surface area contributed by atoms with Crippen LogP contribution in [0.5, 0.6) is 5.75 Å². The van der Waals surface area contributed by atoms with Crippen molar-refractivity contribution in [3.63, 3.8) is 0 Å². The molecular formula is C22H18FNO4. The highest BCUT2D eigenvalue weighted by atomic mass is 19.1. The zero-order valence-corrected chi connectivity index (χ0v) is 15.1. The van der Waals surface area contributed by atoms with Crippen molar-refractivity contribution in [2.75, 3.05) is 0 Å². The van der Waals surface area contributed by atoms with Crippen molar-refractivity contribution in [1.82, 2.24) is 5.32 Å². The zero-order valence-electron chi connectivity index (χ0n) is 15.1. The van der Waals surface area contributed by atoms with Crippen LogP contribution in [-0.2, 0) is 6.61 Å². The fourth-order valence-corrected chi connectivity index (χ4v) is 2.82. The van der Waals surface area contributed by atoms with Gasteiger partial charge in [-0.15, -0.1) is 0 Å². The van der Waals surface area contributed by atoms with Gasteiger partial charge >= 0.3 is 0 Å². The van der Waals surface area contributed by atoms with Gasteiger partial charge in [0.15, 0.2) is 5.76 Å². The van der Waals surface area contributed by atoms with Crippen LogP contribution in [0.3, 0.4) is 0 Å². The first kappa shape index (κ1) is 17.9. The third kappa shape index (κ3) is 3.91. The van der Waals surface area contributed by atoms with Crippen molar-refractivity contribution >= 4 is 16.9 Å². The summed E-state index contributed by atoms with van der Waals surface area (Å²) in [6.45, 7) is 1.98. The van der Waals surface area contributed by atoms with Crippen molar-refractivity contribution < 1.29 is 22.8 Å². The fraction of sp³-hybridized carbons (Fsp3) is 0.136. The Morgan fingerprint density at radius 3 is 2.64 bits per heavy atom. The Hall–Kier alpha value is -3.54. The molecule has 0 spiro atoms. The van der Waals surface area contributed by atoms with Crippen molar-refractivity contribution in [2.45, 2.75) is 19.6 Å². The molecule has 6 heteroatoms. The maximum absolute atomic E-state index is 12.9. The third-order valence-electron chi connectivity index (χ3n) is 4.30. The second-order valence-electron chi connectivity index (χ2n) is 6.39. The summed E-state index contributed by atoms with van der Waals surface area (Å²) in [6, 6.07) is 18.2. The average molecular weight is 379 g/mol. The molecule has 2 aromatic carbocycles. The molecule has 5 nitrogen and oxygen atoms in total. The van der Waals surface area contributed by atoms with E-state index in [1.54, 1.807) is 12.1 Å². The van der Waals surface area contributed by atoms with Gasteiger partial charge in [-0.05, 0) is 55.5 Å². The minimum absolute atomic E-state index is 0.137. The van der Waals surface area contributed by atoms with E-state index in [0.717, 1.165) is 11.0 Å². The minimum Gasteiger partial charge on any atom is -0.486 e. The van der Waals surface area contributed by atoms with Crippen molar-refractivity contribution in [1.29, 1.82) is 0 Å². The lowest BCUT2D eigenvalue weighted by Gasteiger charge is -2.09. The molecule has 0 fully saturated rings. The van der Waals surface area contributed by atoms with E-state index in [-0.39, 0.29) is 30.1 Å². The number of amides is 1. The summed E-state index contributed by atoms with van der Waals surface area (Å²) in [7, 11) is 0. The quantitative estimate of drug-likeness (QED) is 0.498. The predicted molar refractivity (Wildman–Crippen MR) is 102 cm³/mol. The van der Waals surface area contributed by atoms with E-state index >= 15 is 0 Å².